The molecule has 15 heavy (non-hydrogen) atoms. The van der Waals surface area contributed by atoms with E-state index in [1.165, 1.54) is 0 Å². The van der Waals surface area contributed by atoms with Crippen molar-refractivity contribution in [1.82, 2.24) is 0 Å². The zero-order valence-electron chi connectivity index (χ0n) is 9.42. The second kappa shape index (κ2) is 5.44. The van der Waals surface area contributed by atoms with Crippen LogP contribution in [0, 0.1) is 35.0 Å². The van der Waals surface area contributed by atoms with Crippen molar-refractivity contribution in [2.24, 2.45) is 23.7 Å². The fourth-order valence-corrected chi connectivity index (χ4v) is 2.45. The van der Waals surface area contributed by atoms with Gasteiger partial charge in [0.1, 0.15) is 6.17 Å². The minimum atomic E-state index is -1.09. The molecule has 4 unspecified atom stereocenters. The number of hydrogen-bond acceptors (Lipinski definition) is 1. The minimum absolute atomic E-state index is 0.164. The third-order valence-electron chi connectivity index (χ3n) is 3.72. The van der Waals surface area contributed by atoms with Crippen LogP contribution in [0.15, 0.2) is 0 Å². The van der Waals surface area contributed by atoms with Crippen LogP contribution in [0.4, 0.5) is 8.78 Å². The molecule has 0 radical (unpaired) electrons. The van der Waals surface area contributed by atoms with Crippen molar-refractivity contribution in [3.05, 3.63) is 0 Å². The van der Waals surface area contributed by atoms with Gasteiger partial charge in [-0.05, 0) is 31.1 Å². The summed E-state index contributed by atoms with van der Waals surface area (Å²) in [5.41, 5.74) is 0. The van der Waals surface area contributed by atoms with Crippen LogP contribution in [-0.2, 0) is 0 Å². The number of nitrogens with zero attached hydrogens (tertiary/aromatic N) is 1. The number of alkyl halides is 2. The average Bonchev–Trinajstić information content (AvgIpc) is 2.18. The first-order chi connectivity index (χ1) is 7.10. The Kier molecular flexibility index (Phi) is 4.50. The number of hydrogen-bond donors (Lipinski definition) is 0. The van der Waals surface area contributed by atoms with Crippen molar-refractivity contribution in [3.63, 3.8) is 0 Å². The van der Waals surface area contributed by atoms with Gasteiger partial charge >= 0.3 is 0 Å². The zero-order valence-corrected chi connectivity index (χ0v) is 9.42. The highest BCUT2D eigenvalue weighted by Gasteiger charge is 2.35. The minimum Gasteiger partial charge on any atom is -0.251 e. The van der Waals surface area contributed by atoms with Gasteiger partial charge < -0.3 is 0 Å². The van der Waals surface area contributed by atoms with E-state index >= 15 is 0 Å². The molecular formula is C12H19F2N. The molecule has 0 bridgehead atoms. The number of halogens is 2. The van der Waals surface area contributed by atoms with Crippen LogP contribution in [0.2, 0.25) is 0 Å². The van der Waals surface area contributed by atoms with Crippen molar-refractivity contribution in [2.45, 2.75) is 39.3 Å². The van der Waals surface area contributed by atoms with Gasteiger partial charge in [-0.25, -0.2) is 4.39 Å². The maximum Gasteiger partial charge on any atom is 0.106 e. The predicted octanol–water partition coefficient (Wildman–Crippen LogP) is 3.51. The van der Waals surface area contributed by atoms with Gasteiger partial charge in [0.15, 0.2) is 0 Å². The summed E-state index contributed by atoms with van der Waals surface area (Å²) in [4.78, 5) is 0. The molecule has 0 aromatic heterocycles. The summed E-state index contributed by atoms with van der Waals surface area (Å²) < 4.78 is 26.5. The van der Waals surface area contributed by atoms with Gasteiger partial charge in [-0.3, -0.25) is 4.39 Å². The van der Waals surface area contributed by atoms with Crippen molar-refractivity contribution >= 4 is 0 Å². The molecule has 86 valence electrons. The Morgan fingerprint density at radius 3 is 2.53 bits per heavy atom. The van der Waals surface area contributed by atoms with E-state index in [9.17, 15) is 8.78 Å². The second-order valence-electron chi connectivity index (χ2n) is 4.85. The average molecular weight is 215 g/mol. The third kappa shape index (κ3) is 2.90. The first kappa shape index (κ1) is 12.4. The van der Waals surface area contributed by atoms with Gasteiger partial charge in [-0.2, -0.15) is 5.26 Å². The Bertz CT molecular complexity index is 236. The highest BCUT2D eigenvalue weighted by molar-refractivity contribution is 4.93. The molecule has 0 aromatic rings. The monoisotopic (exact) mass is 215 g/mol. The molecule has 1 rings (SSSR count). The molecule has 3 heteroatoms. The van der Waals surface area contributed by atoms with Gasteiger partial charge in [0.05, 0.1) is 12.7 Å². The van der Waals surface area contributed by atoms with Crippen LogP contribution < -0.4 is 0 Å². The highest BCUT2D eigenvalue weighted by atomic mass is 19.1. The molecule has 1 saturated carbocycles. The first-order valence-electron chi connectivity index (χ1n) is 5.69. The van der Waals surface area contributed by atoms with Crippen molar-refractivity contribution < 1.29 is 8.78 Å². The van der Waals surface area contributed by atoms with Crippen LogP contribution in [0.5, 0.6) is 0 Å². The second-order valence-corrected chi connectivity index (χ2v) is 4.85. The van der Waals surface area contributed by atoms with E-state index in [1.807, 2.05) is 6.92 Å². The van der Waals surface area contributed by atoms with Gasteiger partial charge in [-0.1, -0.05) is 13.8 Å². The van der Waals surface area contributed by atoms with Crippen LogP contribution in [0.1, 0.15) is 33.1 Å². The zero-order chi connectivity index (χ0) is 11.4. The van der Waals surface area contributed by atoms with E-state index in [0.717, 1.165) is 12.8 Å². The fourth-order valence-electron chi connectivity index (χ4n) is 2.45. The lowest BCUT2D eigenvalue weighted by atomic mass is 9.74. The quantitative estimate of drug-likeness (QED) is 0.656. The summed E-state index contributed by atoms with van der Waals surface area (Å²) in [6, 6.07) is 2.19. The molecule has 0 aromatic carbocycles. The lowest BCUT2D eigenvalue weighted by molar-refractivity contribution is 0.0810. The molecule has 1 aliphatic carbocycles. The maximum atomic E-state index is 13.8. The molecular weight excluding hydrogens is 196 g/mol. The topological polar surface area (TPSA) is 23.8 Å². The molecule has 0 amide bonds. The van der Waals surface area contributed by atoms with Crippen LogP contribution in [0.3, 0.4) is 0 Å². The van der Waals surface area contributed by atoms with E-state index in [1.54, 1.807) is 6.92 Å². The maximum absolute atomic E-state index is 13.8. The van der Waals surface area contributed by atoms with Crippen molar-refractivity contribution in [1.29, 1.82) is 5.26 Å². The van der Waals surface area contributed by atoms with E-state index in [4.69, 9.17) is 5.26 Å². The molecule has 0 aliphatic heterocycles. The summed E-state index contributed by atoms with van der Waals surface area (Å²) in [7, 11) is 0. The van der Waals surface area contributed by atoms with E-state index in [-0.39, 0.29) is 17.8 Å². The van der Waals surface area contributed by atoms with E-state index < -0.39 is 18.8 Å². The number of nitriles is 1. The summed E-state index contributed by atoms with van der Waals surface area (Å²) >= 11 is 0. The van der Waals surface area contributed by atoms with E-state index in [2.05, 4.69) is 6.07 Å². The van der Waals surface area contributed by atoms with Gasteiger partial charge in [0.2, 0.25) is 0 Å². The predicted molar refractivity (Wildman–Crippen MR) is 55.6 cm³/mol. The van der Waals surface area contributed by atoms with Crippen LogP contribution in [-0.4, -0.2) is 12.8 Å². The van der Waals surface area contributed by atoms with E-state index in [0.29, 0.717) is 6.42 Å². The molecule has 0 heterocycles. The molecule has 0 saturated heterocycles. The summed E-state index contributed by atoms with van der Waals surface area (Å²) in [6.07, 6.45) is 1.01. The summed E-state index contributed by atoms with van der Waals surface area (Å²) in [5, 5.41) is 8.97. The Morgan fingerprint density at radius 1 is 1.33 bits per heavy atom. The molecule has 0 N–H and O–H groups in total. The standard InChI is InChI=1S/C12H19F2N/c1-8-3-4-10(7-15)9(2)11(6-13)12(14)5-8/h8-12H,3-6H2,1-2H3/t8?,9-,10?,11?,12?/m0/s1. The summed E-state index contributed by atoms with van der Waals surface area (Å²) in [6.45, 7) is 3.14. The highest BCUT2D eigenvalue weighted by Crippen LogP contribution is 2.35. The molecule has 0 spiro atoms. The Balaban J connectivity index is 2.78. The first-order valence-corrected chi connectivity index (χ1v) is 5.69. The largest absolute Gasteiger partial charge is 0.251 e. The smallest absolute Gasteiger partial charge is 0.106 e. The normalized spacial score (nSPS) is 42.7. The molecule has 5 atom stereocenters. The lowest BCUT2D eigenvalue weighted by Gasteiger charge is -2.32. The van der Waals surface area contributed by atoms with Crippen molar-refractivity contribution in [3.8, 4) is 6.07 Å². The molecule has 1 aliphatic rings. The van der Waals surface area contributed by atoms with Gasteiger partial charge in [0, 0.05) is 11.8 Å². The Hall–Kier alpha value is -0.650. The third-order valence-corrected chi connectivity index (χ3v) is 3.72. The summed E-state index contributed by atoms with van der Waals surface area (Å²) in [5.74, 6) is -0.677. The number of rotatable bonds is 1. The Labute approximate surface area is 90.5 Å². The molecule has 1 nitrogen and oxygen atoms in total. The molecule has 1 fully saturated rings. The lowest BCUT2D eigenvalue weighted by Crippen LogP contribution is -2.33. The van der Waals surface area contributed by atoms with Crippen molar-refractivity contribution in [2.75, 3.05) is 6.67 Å². The van der Waals surface area contributed by atoms with Crippen LogP contribution >= 0.6 is 0 Å². The van der Waals surface area contributed by atoms with Gasteiger partial charge in [0.25, 0.3) is 0 Å². The SMILES string of the molecule is CC1CCC(C#N)[C@H](C)C(CF)C(F)C1. The fraction of sp³-hybridized carbons (Fsp3) is 0.917. The van der Waals surface area contributed by atoms with Crippen LogP contribution in [0.25, 0.3) is 0 Å². The Morgan fingerprint density at radius 2 is 2.00 bits per heavy atom. The van der Waals surface area contributed by atoms with Gasteiger partial charge in [-0.15, -0.1) is 0 Å².